The Kier molecular flexibility index (Phi) is 15.8. The number of aliphatic hydroxyl groups is 2. The number of amides is 1. The van der Waals surface area contributed by atoms with Gasteiger partial charge in [0.1, 0.15) is 30.0 Å². The number of ether oxygens (including phenoxy) is 6. The first-order valence-corrected chi connectivity index (χ1v) is 25.9. The van der Waals surface area contributed by atoms with E-state index in [0.717, 1.165) is 13.8 Å². The number of hydrogen-bond acceptors (Lipinski definition) is 17. The lowest BCUT2D eigenvalue weighted by Gasteiger charge is -2.67. The normalized spacial score (nSPS) is 28.1. The van der Waals surface area contributed by atoms with Crippen LogP contribution >= 0.6 is 0 Å². The standard InChI is InChI=1S/C60H67N3O15/c1-33-42(75-55(71)48(46(38-20-14-11-15-21-38)61-52(68)39-22-16-12-17-23-39)76-53(69)41-28-26-37(27-29-41)34(2)62-63-56(5,6)7)31-60(72)51(77-54(70)40-24-18-13-19-25-40)49-58(10,43(66)30-44-59(49,32-73-44)78-36(4)65)50(67)47(74-35(3)64)45(33)57(60,8)9/h11-29,42-44,46-49,51,63,66,72H,30-32H2,1-10H3,(H,61,68)/b62-34+/t42-,43-,44+,46-,47+,48+,49?,51-,58+,59-,60+/m1/s1. The van der Waals surface area contributed by atoms with Crippen LogP contribution in [0.3, 0.4) is 0 Å². The van der Waals surface area contributed by atoms with Gasteiger partial charge in [0.25, 0.3) is 5.91 Å². The number of hydrogen-bond donors (Lipinski definition) is 4. The fourth-order valence-electron chi connectivity index (χ4n) is 11.6. The molecule has 2 saturated carbocycles. The average molecular weight is 1070 g/mol. The molecule has 4 aromatic carbocycles. The molecule has 18 nitrogen and oxygen atoms in total. The van der Waals surface area contributed by atoms with Crippen LogP contribution in [0, 0.1) is 16.7 Å². The number of hydrazone groups is 1. The third-order valence-electron chi connectivity index (χ3n) is 15.8. The Balaban J connectivity index is 1.29. The highest BCUT2D eigenvalue weighted by Crippen LogP contribution is 2.64. The number of rotatable bonds is 14. The maximum atomic E-state index is 15.8. The van der Waals surface area contributed by atoms with E-state index in [-0.39, 0.29) is 46.4 Å². The molecule has 1 heterocycles. The van der Waals surface area contributed by atoms with E-state index in [4.69, 9.17) is 28.4 Å². The number of carbonyl (C=O) groups excluding carboxylic acids is 7. The van der Waals surface area contributed by atoms with Crippen LogP contribution in [0.2, 0.25) is 0 Å². The van der Waals surface area contributed by atoms with Crippen molar-refractivity contribution in [3.05, 3.63) is 154 Å². The molecule has 8 rings (SSSR count). The predicted octanol–water partition coefficient (Wildman–Crippen LogP) is 6.71. The molecular formula is C60H67N3O15. The van der Waals surface area contributed by atoms with Gasteiger partial charge in [0.2, 0.25) is 6.10 Å². The van der Waals surface area contributed by atoms with Crippen molar-refractivity contribution in [1.82, 2.24) is 10.7 Å². The zero-order chi connectivity index (χ0) is 56.7. The fraction of sp³-hybridized carbons (Fsp3) is 0.433. The van der Waals surface area contributed by atoms with Crippen molar-refractivity contribution in [2.45, 2.75) is 141 Å². The number of aliphatic hydroxyl groups excluding tert-OH is 1. The van der Waals surface area contributed by atoms with Crippen molar-refractivity contribution in [2.75, 3.05) is 6.61 Å². The van der Waals surface area contributed by atoms with E-state index in [1.165, 1.54) is 38.1 Å². The lowest BCUT2D eigenvalue weighted by Crippen LogP contribution is -2.82. The van der Waals surface area contributed by atoms with Gasteiger partial charge in [-0.05, 0) is 100 Å². The topological polar surface area (TPSA) is 252 Å². The summed E-state index contributed by atoms with van der Waals surface area (Å²) in [6, 6.07) is 29.1. The molecule has 2 bridgehead atoms. The first-order valence-electron chi connectivity index (χ1n) is 25.9. The minimum atomic E-state index is -2.48. The van der Waals surface area contributed by atoms with Crippen molar-refractivity contribution >= 4 is 47.2 Å². The smallest absolute Gasteiger partial charge is 0.350 e. The van der Waals surface area contributed by atoms with Gasteiger partial charge in [0.05, 0.1) is 40.9 Å². The largest absolute Gasteiger partial charge is 0.455 e. The van der Waals surface area contributed by atoms with Crippen molar-refractivity contribution < 1.29 is 72.2 Å². The number of nitrogens with one attached hydrogen (secondary N) is 2. The van der Waals surface area contributed by atoms with E-state index >= 15 is 9.59 Å². The highest BCUT2D eigenvalue weighted by Gasteiger charge is 2.78. The van der Waals surface area contributed by atoms with Crippen molar-refractivity contribution in [3.63, 3.8) is 0 Å². The summed E-state index contributed by atoms with van der Waals surface area (Å²) in [6.07, 6.45) is -10.9. The molecule has 3 aliphatic carbocycles. The van der Waals surface area contributed by atoms with Gasteiger partial charge >= 0.3 is 29.8 Å². The Morgan fingerprint density at radius 2 is 1.31 bits per heavy atom. The van der Waals surface area contributed by atoms with Gasteiger partial charge in [0, 0.05) is 43.2 Å². The highest BCUT2D eigenvalue weighted by atomic mass is 16.6. The van der Waals surface area contributed by atoms with Gasteiger partial charge in [-0.2, -0.15) is 5.10 Å². The molecule has 1 aliphatic heterocycles. The minimum Gasteiger partial charge on any atom is -0.455 e. The molecule has 3 fully saturated rings. The fourth-order valence-corrected chi connectivity index (χ4v) is 11.6. The number of fused-ring (bicyclic) bond motifs is 5. The summed E-state index contributed by atoms with van der Waals surface area (Å²) in [5.41, 5.74) is -3.43. The van der Waals surface area contributed by atoms with Crippen molar-refractivity contribution in [3.8, 4) is 0 Å². The molecular weight excluding hydrogens is 1000 g/mol. The molecule has 4 N–H and O–H groups in total. The van der Waals surface area contributed by atoms with Crippen LogP contribution in [0.5, 0.6) is 0 Å². The van der Waals surface area contributed by atoms with Gasteiger partial charge in [-0.25, -0.2) is 14.4 Å². The number of ketones is 1. The molecule has 78 heavy (non-hydrogen) atoms. The Morgan fingerprint density at radius 3 is 1.86 bits per heavy atom. The molecule has 18 heteroatoms. The Hall–Kier alpha value is -7.54. The lowest BCUT2D eigenvalue weighted by atomic mass is 9.44. The zero-order valence-corrected chi connectivity index (χ0v) is 45.4. The second kappa shape index (κ2) is 21.7. The van der Waals surface area contributed by atoms with Crippen LogP contribution in [-0.4, -0.2) is 117 Å². The second-order valence-corrected chi connectivity index (χ2v) is 22.4. The Bertz CT molecular complexity index is 3030. The van der Waals surface area contributed by atoms with Crippen molar-refractivity contribution in [2.24, 2.45) is 21.8 Å². The SMILES string of the molecule is CC(=O)O[C@@H]1C(=O)[C@]2(C)C([C@@H](OC(=O)c3ccccc3)[C@@]3(O)C[C@@H](OC(=O)[C@@H](OC(=O)c4ccc(/C(C)=N/NC(C)(C)C)cc4)[C@H](NC(=O)c4ccccc4)c4ccccc4)C(C)=C1C3(C)C)[C@@]1(OC(C)=O)CO[C@H]1C[C@H]2O. The van der Waals surface area contributed by atoms with E-state index in [2.05, 4.69) is 15.8 Å². The average Bonchev–Trinajstić information content (AvgIpc) is 3.40. The van der Waals surface area contributed by atoms with Crippen LogP contribution in [0.1, 0.15) is 130 Å². The molecule has 1 unspecified atom stereocenters. The number of nitrogens with zero attached hydrogens (tertiary/aromatic N) is 1. The molecule has 11 atom stereocenters. The Morgan fingerprint density at radius 1 is 0.744 bits per heavy atom. The molecule has 412 valence electrons. The van der Waals surface area contributed by atoms with E-state index < -0.39 is 119 Å². The van der Waals surface area contributed by atoms with Gasteiger partial charge in [-0.3, -0.25) is 19.2 Å². The molecule has 0 aromatic heterocycles. The predicted molar refractivity (Wildman–Crippen MR) is 282 cm³/mol. The van der Waals surface area contributed by atoms with E-state index in [1.807, 2.05) is 20.8 Å². The van der Waals surface area contributed by atoms with Gasteiger partial charge in [-0.15, -0.1) is 0 Å². The molecule has 4 aromatic rings. The van der Waals surface area contributed by atoms with Crippen LogP contribution < -0.4 is 10.7 Å². The number of Topliss-reactive ketones (excluding diaryl/α,β-unsaturated/α-hetero) is 1. The summed E-state index contributed by atoms with van der Waals surface area (Å²) in [6.45, 7) is 15.6. The summed E-state index contributed by atoms with van der Waals surface area (Å²) < 4.78 is 37.3. The van der Waals surface area contributed by atoms with E-state index in [9.17, 15) is 34.2 Å². The third-order valence-corrected chi connectivity index (χ3v) is 15.8. The summed E-state index contributed by atoms with van der Waals surface area (Å²) in [5.74, 6) is -8.04. The van der Waals surface area contributed by atoms with Gasteiger partial charge in [-0.1, -0.05) is 92.7 Å². The van der Waals surface area contributed by atoms with Crippen molar-refractivity contribution in [1.29, 1.82) is 0 Å². The molecule has 1 amide bonds. The number of carbonyl (C=O) groups is 7. The first kappa shape index (κ1) is 56.7. The zero-order valence-electron chi connectivity index (χ0n) is 45.4. The molecule has 4 aliphatic rings. The minimum absolute atomic E-state index is 0.0205. The second-order valence-electron chi connectivity index (χ2n) is 22.4. The van der Waals surface area contributed by atoms with Gasteiger partial charge < -0.3 is 49.4 Å². The highest BCUT2D eigenvalue weighted by molar-refractivity contribution is 6.00. The summed E-state index contributed by atoms with van der Waals surface area (Å²) in [7, 11) is 0. The maximum Gasteiger partial charge on any atom is 0.350 e. The summed E-state index contributed by atoms with van der Waals surface area (Å²) in [5, 5.41) is 33.7. The van der Waals surface area contributed by atoms with Crippen LogP contribution in [0.15, 0.2) is 132 Å². The first-order chi connectivity index (χ1) is 36.7. The van der Waals surface area contributed by atoms with E-state index in [0.29, 0.717) is 16.8 Å². The van der Waals surface area contributed by atoms with Gasteiger partial charge in [0.15, 0.2) is 17.5 Å². The third kappa shape index (κ3) is 10.6. The monoisotopic (exact) mass is 1070 g/mol. The Labute approximate surface area is 452 Å². The maximum absolute atomic E-state index is 15.8. The number of benzene rings is 4. The van der Waals surface area contributed by atoms with Crippen LogP contribution in [-0.2, 0) is 47.6 Å². The molecule has 0 spiro atoms. The lowest BCUT2D eigenvalue weighted by molar-refractivity contribution is -0.346. The molecule has 0 radical (unpaired) electrons. The summed E-state index contributed by atoms with van der Waals surface area (Å²) in [4.78, 5) is 101. The van der Waals surface area contributed by atoms with Crippen LogP contribution in [0.4, 0.5) is 0 Å². The van der Waals surface area contributed by atoms with Crippen LogP contribution in [0.25, 0.3) is 0 Å². The summed E-state index contributed by atoms with van der Waals surface area (Å²) >= 11 is 0. The number of esters is 5. The quantitative estimate of drug-likeness (QED) is 0.0337. The van der Waals surface area contributed by atoms with E-state index in [1.54, 1.807) is 112 Å². The molecule has 1 saturated heterocycles.